The van der Waals surface area contributed by atoms with Gasteiger partial charge in [-0.1, -0.05) is 0 Å². The topological polar surface area (TPSA) is 63.2 Å². The third kappa shape index (κ3) is 3.09. The summed E-state index contributed by atoms with van der Waals surface area (Å²) in [6.45, 7) is 3.19. The second-order valence-electron chi connectivity index (χ2n) is 3.97. The number of hydrogen-bond donors (Lipinski definition) is 2. The molecule has 1 aromatic rings. The number of piperidine rings is 1. The third-order valence-electron chi connectivity index (χ3n) is 2.68. The van der Waals surface area contributed by atoms with Crippen LogP contribution in [-0.4, -0.2) is 30.1 Å². The van der Waals surface area contributed by atoms with E-state index in [2.05, 4.69) is 15.6 Å². The van der Waals surface area contributed by atoms with E-state index in [9.17, 15) is 4.79 Å². The van der Waals surface area contributed by atoms with Crippen LogP contribution < -0.4 is 15.4 Å². The fourth-order valence-corrected chi connectivity index (χ4v) is 1.82. The number of aromatic nitrogens is 1. The van der Waals surface area contributed by atoms with Gasteiger partial charge >= 0.3 is 0 Å². The van der Waals surface area contributed by atoms with Gasteiger partial charge in [0.05, 0.1) is 6.61 Å². The maximum Gasteiger partial charge on any atom is 0.220 e. The maximum absolute atomic E-state index is 11.1. The first-order chi connectivity index (χ1) is 8.29. The van der Waals surface area contributed by atoms with Crippen molar-refractivity contribution >= 4 is 11.7 Å². The lowest BCUT2D eigenvalue weighted by Gasteiger charge is -2.24. The van der Waals surface area contributed by atoms with E-state index in [-0.39, 0.29) is 11.9 Å². The van der Waals surface area contributed by atoms with Crippen molar-refractivity contribution in [3.05, 3.63) is 18.3 Å². The van der Waals surface area contributed by atoms with Crippen LogP contribution in [0.3, 0.4) is 0 Å². The van der Waals surface area contributed by atoms with Crippen LogP contribution in [0.25, 0.3) is 0 Å². The number of nitrogens with zero attached hydrogens (tertiary/aromatic N) is 1. The number of nitrogens with one attached hydrogen (secondary N) is 2. The van der Waals surface area contributed by atoms with Gasteiger partial charge in [0.25, 0.3) is 0 Å². The Morgan fingerprint density at radius 2 is 2.53 bits per heavy atom. The second-order valence-corrected chi connectivity index (χ2v) is 3.97. The minimum absolute atomic E-state index is 0.120. The fraction of sp³-hybridized carbons (Fsp3) is 0.500. The van der Waals surface area contributed by atoms with Gasteiger partial charge in [0.2, 0.25) is 5.91 Å². The summed E-state index contributed by atoms with van der Waals surface area (Å²) < 4.78 is 5.49. The zero-order valence-corrected chi connectivity index (χ0v) is 9.90. The van der Waals surface area contributed by atoms with Gasteiger partial charge < -0.3 is 15.4 Å². The Morgan fingerprint density at radius 3 is 3.24 bits per heavy atom. The monoisotopic (exact) mass is 235 g/mol. The van der Waals surface area contributed by atoms with E-state index in [1.54, 1.807) is 6.20 Å². The van der Waals surface area contributed by atoms with Gasteiger partial charge in [-0.05, 0) is 25.5 Å². The van der Waals surface area contributed by atoms with E-state index in [4.69, 9.17) is 4.74 Å². The molecule has 92 valence electrons. The molecule has 1 aromatic heterocycles. The molecule has 2 heterocycles. The summed E-state index contributed by atoms with van der Waals surface area (Å²) in [5, 5.41) is 6.14. The van der Waals surface area contributed by atoms with Crippen LogP contribution in [0.2, 0.25) is 0 Å². The molecule has 5 heteroatoms. The van der Waals surface area contributed by atoms with Crippen LogP contribution >= 0.6 is 0 Å². The van der Waals surface area contributed by atoms with Crippen LogP contribution in [0.1, 0.15) is 19.8 Å². The Bertz CT molecular complexity index is 385. The number of carbonyl (C=O) groups is 1. The number of anilines is 1. The SMILES string of the molecule is CCOc1cccnc1NC1CCC(=O)NC1. The highest BCUT2D eigenvalue weighted by Crippen LogP contribution is 2.22. The van der Waals surface area contributed by atoms with Crippen molar-refractivity contribution in [1.82, 2.24) is 10.3 Å². The van der Waals surface area contributed by atoms with Crippen molar-refractivity contribution in [2.24, 2.45) is 0 Å². The molecule has 2 N–H and O–H groups in total. The molecule has 0 aliphatic carbocycles. The number of rotatable bonds is 4. The standard InChI is InChI=1S/C12H17N3O2/c1-2-17-10-4-3-7-13-12(10)15-9-5-6-11(16)14-8-9/h3-4,7,9H,2,5-6,8H2,1H3,(H,13,15)(H,14,16). The van der Waals surface area contributed by atoms with Crippen LogP contribution in [0.15, 0.2) is 18.3 Å². The summed E-state index contributed by atoms with van der Waals surface area (Å²) in [5.41, 5.74) is 0. The van der Waals surface area contributed by atoms with E-state index >= 15 is 0 Å². The highest BCUT2D eigenvalue weighted by atomic mass is 16.5. The van der Waals surface area contributed by atoms with Crippen LogP contribution in [0.5, 0.6) is 5.75 Å². The van der Waals surface area contributed by atoms with Gasteiger partial charge in [0.15, 0.2) is 11.6 Å². The molecule has 1 atom stereocenters. The molecule has 0 bridgehead atoms. The van der Waals surface area contributed by atoms with E-state index in [0.717, 1.165) is 18.0 Å². The van der Waals surface area contributed by atoms with Gasteiger partial charge in [-0.2, -0.15) is 0 Å². The first-order valence-corrected chi connectivity index (χ1v) is 5.90. The number of carbonyl (C=O) groups excluding carboxylic acids is 1. The molecule has 17 heavy (non-hydrogen) atoms. The summed E-state index contributed by atoms with van der Waals surface area (Å²) >= 11 is 0. The van der Waals surface area contributed by atoms with Gasteiger partial charge in [-0.3, -0.25) is 4.79 Å². The molecule has 1 amide bonds. The Kier molecular flexibility index (Phi) is 3.80. The number of pyridine rings is 1. The third-order valence-corrected chi connectivity index (χ3v) is 2.68. The molecule has 0 spiro atoms. The summed E-state index contributed by atoms with van der Waals surface area (Å²) in [5.74, 6) is 1.62. The Labute approximate surface area is 101 Å². The van der Waals surface area contributed by atoms with Crippen LogP contribution in [0, 0.1) is 0 Å². The molecule has 2 rings (SSSR count). The second kappa shape index (κ2) is 5.52. The first-order valence-electron chi connectivity index (χ1n) is 5.90. The van der Waals surface area contributed by atoms with Crippen molar-refractivity contribution in [2.45, 2.75) is 25.8 Å². The fourth-order valence-electron chi connectivity index (χ4n) is 1.82. The Hall–Kier alpha value is -1.78. The van der Waals surface area contributed by atoms with Crippen molar-refractivity contribution in [2.75, 3.05) is 18.5 Å². The average Bonchev–Trinajstić information content (AvgIpc) is 2.35. The Balaban J connectivity index is 2.00. The normalized spacial score (nSPS) is 19.6. The largest absolute Gasteiger partial charge is 0.490 e. The summed E-state index contributed by atoms with van der Waals surface area (Å²) in [6, 6.07) is 3.96. The van der Waals surface area contributed by atoms with Crippen molar-refractivity contribution in [3.63, 3.8) is 0 Å². The van der Waals surface area contributed by atoms with E-state index in [1.807, 2.05) is 19.1 Å². The molecule has 0 radical (unpaired) electrons. The number of ether oxygens (including phenoxy) is 1. The molecule has 0 saturated carbocycles. The zero-order chi connectivity index (χ0) is 12.1. The molecular weight excluding hydrogens is 218 g/mol. The molecule has 1 fully saturated rings. The minimum atomic E-state index is 0.120. The summed E-state index contributed by atoms with van der Waals surface area (Å²) in [6.07, 6.45) is 3.12. The zero-order valence-electron chi connectivity index (χ0n) is 9.90. The summed E-state index contributed by atoms with van der Waals surface area (Å²) in [4.78, 5) is 15.3. The molecule has 1 aliphatic rings. The smallest absolute Gasteiger partial charge is 0.220 e. The van der Waals surface area contributed by atoms with Gasteiger partial charge in [0, 0.05) is 25.2 Å². The van der Waals surface area contributed by atoms with Crippen molar-refractivity contribution in [3.8, 4) is 5.75 Å². The van der Waals surface area contributed by atoms with Gasteiger partial charge in [-0.15, -0.1) is 0 Å². The molecule has 0 aromatic carbocycles. The highest BCUT2D eigenvalue weighted by Gasteiger charge is 2.19. The number of amides is 1. The minimum Gasteiger partial charge on any atom is -0.490 e. The Morgan fingerprint density at radius 1 is 1.65 bits per heavy atom. The molecular formula is C12H17N3O2. The van der Waals surface area contributed by atoms with Crippen molar-refractivity contribution < 1.29 is 9.53 Å². The lowest BCUT2D eigenvalue weighted by molar-refractivity contribution is -0.122. The molecule has 1 unspecified atom stereocenters. The van der Waals surface area contributed by atoms with Gasteiger partial charge in [-0.25, -0.2) is 4.98 Å². The van der Waals surface area contributed by atoms with E-state index < -0.39 is 0 Å². The average molecular weight is 235 g/mol. The molecule has 1 saturated heterocycles. The summed E-state index contributed by atoms with van der Waals surface area (Å²) in [7, 11) is 0. The van der Waals surface area contributed by atoms with Crippen LogP contribution in [-0.2, 0) is 4.79 Å². The van der Waals surface area contributed by atoms with Gasteiger partial charge in [0.1, 0.15) is 0 Å². The molecule has 5 nitrogen and oxygen atoms in total. The van der Waals surface area contributed by atoms with E-state index in [1.165, 1.54) is 0 Å². The quantitative estimate of drug-likeness (QED) is 0.822. The van der Waals surface area contributed by atoms with E-state index in [0.29, 0.717) is 19.6 Å². The number of hydrogen-bond acceptors (Lipinski definition) is 4. The predicted molar refractivity (Wildman–Crippen MR) is 65.1 cm³/mol. The lowest BCUT2D eigenvalue weighted by Crippen LogP contribution is -2.42. The predicted octanol–water partition coefficient (Wildman–Crippen LogP) is 1.17. The maximum atomic E-state index is 11.1. The lowest BCUT2D eigenvalue weighted by atomic mass is 10.1. The van der Waals surface area contributed by atoms with Crippen molar-refractivity contribution in [1.29, 1.82) is 0 Å². The highest BCUT2D eigenvalue weighted by molar-refractivity contribution is 5.77. The molecule has 1 aliphatic heterocycles. The van der Waals surface area contributed by atoms with Crippen LogP contribution in [0.4, 0.5) is 5.82 Å². The first kappa shape index (κ1) is 11.7.